The molecule has 130 valence electrons. The van der Waals surface area contributed by atoms with Crippen LogP contribution in [0, 0.1) is 0 Å². The zero-order valence-electron chi connectivity index (χ0n) is 14.2. The van der Waals surface area contributed by atoms with Crippen molar-refractivity contribution in [2.24, 2.45) is 0 Å². The largest absolute Gasteiger partial charge is 0.333 e. The van der Waals surface area contributed by atoms with Crippen LogP contribution in [0.2, 0.25) is 0 Å². The molecule has 0 saturated carbocycles. The fourth-order valence-electron chi connectivity index (χ4n) is 3.99. The summed E-state index contributed by atoms with van der Waals surface area (Å²) in [5.74, 6) is 0.699. The molecule has 1 fully saturated rings. The third-order valence-electron chi connectivity index (χ3n) is 5.27. The van der Waals surface area contributed by atoms with Crippen LogP contribution in [0.1, 0.15) is 46.7 Å². The van der Waals surface area contributed by atoms with Crippen LogP contribution in [0.25, 0.3) is 15.9 Å². The van der Waals surface area contributed by atoms with Gasteiger partial charge in [0.1, 0.15) is 11.2 Å². The zero-order chi connectivity index (χ0) is 17.0. The number of piperazine rings is 1. The van der Waals surface area contributed by atoms with Gasteiger partial charge < -0.3 is 10.2 Å². The first kappa shape index (κ1) is 15.2. The highest BCUT2D eigenvalue weighted by atomic mass is 32.1. The molecule has 3 aromatic heterocycles. The molecule has 25 heavy (non-hydrogen) atoms. The van der Waals surface area contributed by atoms with Gasteiger partial charge in [-0.2, -0.15) is 0 Å². The summed E-state index contributed by atoms with van der Waals surface area (Å²) in [4.78, 5) is 26.2. The van der Waals surface area contributed by atoms with E-state index in [1.54, 1.807) is 22.2 Å². The van der Waals surface area contributed by atoms with E-state index in [4.69, 9.17) is 0 Å². The molecule has 1 N–H and O–H groups in total. The summed E-state index contributed by atoms with van der Waals surface area (Å²) in [6.45, 7) is 5.32. The monoisotopic (exact) mass is 356 g/mol. The van der Waals surface area contributed by atoms with Gasteiger partial charge in [0.15, 0.2) is 5.65 Å². The highest BCUT2D eigenvalue weighted by Crippen LogP contribution is 2.42. The first-order chi connectivity index (χ1) is 12.2. The second-order valence-electron chi connectivity index (χ2n) is 6.90. The Morgan fingerprint density at radius 1 is 1.36 bits per heavy atom. The Labute approximate surface area is 149 Å². The summed E-state index contributed by atoms with van der Waals surface area (Å²) in [7, 11) is 0. The smallest absolute Gasteiger partial charge is 0.293 e. The topological polar surface area (TPSA) is 75.4 Å². The molecule has 1 amide bonds. The predicted octanol–water partition coefficient (Wildman–Crippen LogP) is 1.82. The van der Waals surface area contributed by atoms with Crippen LogP contribution in [0.3, 0.4) is 0 Å². The maximum atomic E-state index is 12.7. The fraction of sp³-hybridized carbons (Fsp3) is 0.529. The number of thiophene rings is 1. The molecule has 1 aliphatic heterocycles. The molecule has 2 aliphatic rings. The van der Waals surface area contributed by atoms with Gasteiger partial charge in [-0.3, -0.25) is 4.79 Å². The third kappa shape index (κ3) is 2.35. The maximum Gasteiger partial charge on any atom is 0.293 e. The van der Waals surface area contributed by atoms with E-state index in [1.165, 1.54) is 23.3 Å². The van der Waals surface area contributed by atoms with Gasteiger partial charge in [-0.05, 0) is 30.7 Å². The number of hydrogen-bond donors (Lipinski definition) is 1. The average molecular weight is 356 g/mol. The van der Waals surface area contributed by atoms with Crippen molar-refractivity contribution < 1.29 is 4.79 Å². The quantitative estimate of drug-likeness (QED) is 0.720. The van der Waals surface area contributed by atoms with Crippen molar-refractivity contribution >= 4 is 33.1 Å². The number of nitrogens with one attached hydrogen (secondary N) is 1. The Bertz CT molecular complexity index is 970. The molecule has 1 atom stereocenters. The minimum atomic E-state index is -0.0875. The lowest BCUT2D eigenvalue weighted by Gasteiger charge is -2.26. The summed E-state index contributed by atoms with van der Waals surface area (Å²) in [5.41, 5.74) is 2.15. The standard InChI is InChI=1S/C17H20N6OS/c1-10-3-2-4-11-12(10)13-15-20-14(17(24)22-7-5-18-6-8-22)21-23(15)9-19-16(13)25-11/h9-10,18H,2-8H2,1H3/t10-/m0/s1. The third-order valence-corrected chi connectivity index (χ3v) is 6.45. The summed E-state index contributed by atoms with van der Waals surface area (Å²) in [5, 5.41) is 8.79. The van der Waals surface area contributed by atoms with Crippen LogP contribution in [0.5, 0.6) is 0 Å². The van der Waals surface area contributed by atoms with E-state index in [1.807, 2.05) is 4.90 Å². The molecule has 1 aliphatic carbocycles. The maximum absolute atomic E-state index is 12.7. The van der Waals surface area contributed by atoms with Crippen molar-refractivity contribution in [3.63, 3.8) is 0 Å². The van der Waals surface area contributed by atoms with Crippen LogP contribution in [-0.4, -0.2) is 56.6 Å². The first-order valence-electron chi connectivity index (χ1n) is 8.89. The van der Waals surface area contributed by atoms with Gasteiger partial charge >= 0.3 is 0 Å². The molecule has 0 unspecified atom stereocenters. The molecule has 5 rings (SSSR count). The van der Waals surface area contributed by atoms with Crippen molar-refractivity contribution in [2.75, 3.05) is 26.2 Å². The predicted molar refractivity (Wildman–Crippen MR) is 96.3 cm³/mol. The molecule has 7 nitrogen and oxygen atoms in total. The summed E-state index contributed by atoms with van der Waals surface area (Å²) in [6, 6.07) is 0. The van der Waals surface area contributed by atoms with Crippen LogP contribution in [-0.2, 0) is 6.42 Å². The van der Waals surface area contributed by atoms with Crippen molar-refractivity contribution in [1.29, 1.82) is 0 Å². The van der Waals surface area contributed by atoms with Crippen molar-refractivity contribution in [1.82, 2.24) is 29.8 Å². The lowest BCUT2D eigenvalue weighted by Crippen LogP contribution is -2.46. The molecule has 0 radical (unpaired) electrons. The number of amides is 1. The second kappa shape index (κ2) is 5.74. The number of nitrogens with zero attached hydrogens (tertiary/aromatic N) is 5. The van der Waals surface area contributed by atoms with Gasteiger partial charge in [0, 0.05) is 31.1 Å². The van der Waals surface area contributed by atoms with Crippen LogP contribution >= 0.6 is 11.3 Å². The number of aromatic nitrogens is 4. The van der Waals surface area contributed by atoms with Crippen molar-refractivity contribution in [2.45, 2.75) is 32.1 Å². The van der Waals surface area contributed by atoms with Crippen LogP contribution in [0.4, 0.5) is 0 Å². The van der Waals surface area contributed by atoms with Gasteiger partial charge in [0.25, 0.3) is 5.91 Å². The molecule has 3 aromatic rings. The highest BCUT2D eigenvalue weighted by Gasteiger charge is 2.27. The number of carbonyl (C=O) groups is 1. The average Bonchev–Trinajstić information content (AvgIpc) is 3.23. The summed E-state index contributed by atoms with van der Waals surface area (Å²) >= 11 is 1.77. The van der Waals surface area contributed by atoms with Gasteiger partial charge in [-0.15, -0.1) is 16.4 Å². The second-order valence-corrected chi connectivity index (χ2v) is 7.99. The number of fused-ring (bicyclic) bond motifs is 5. The normalized spacial score (nSPS) is 21.0. The molecule has 1 saturated heterocycles. The molecule has 0 bridgehead atoms. The van der Waals surface area contributed by atoms with Crippen LogP contribution < -0.4 is 5.32 Å². The molecular weight excluding hydrogens is 336 g/mol. The number of rotatable bonds is 1. The Hall–Kier alpha value is -2.06. The number of aryl methyl sites for hydroxylation is 1. The van der Waals surface area contributed by atoms with E-state index in [9.17, 15) is 4.79 Å². The molecular formula is C17H20N6OS. The molecule has 8 heteroatoms. The van der Waals surface area contributed by atoms with Gasteiger partial charge in [-0.25, -0.2) is 14.5 Å². The van der Waals surface area contributed by atoms with Gasteiger partial charge in [0.05, 0.1) is 5.39 Å². The Balaban J connectivity index is 1.65. The number of carbonyl (C=O) groups excluding carboxylic acids is 1. The lowest BCUT2D eigenvalue weighted by atomic mass is 9.87. The van der Waals surface area contributed by atoms with E-state index in [-0.39, 0.29) is 11.7 Å². The SMILES string of the molecule is C[C@H]1CCCc2sc3ncn4nc(C(=O)N5CCNCC5)nc4c3c21. The Morgan fingerprint density at radius 3 is 3.04 bits per heavy atom. The fourth-order valence-corrected chi connectivity index (χ4v) is 5.28. The molecule has 4 heterocycles. The lowest BCUT2D eigenvalue weighted by molar-refractivity contribution is 0.0723. The Kier molecular flexibility index (Phi) is 3.49. The summed E-state index contributed by atoms with van der Waals surface area (Å²) < 4.78 is 1.67. The van der Waals surface area contributed by atoms with E-state index in [0.29, 0.717) is 19.0 Å². The van der Waals surface area contributed by atoms with E-state index in [0.717, 1.165) is 35.4 Å². The zero-order valence-corrected chi connectivity index (χ0v) is 15.0. The Morgan fingerprint density at radius 2 is 2.20 bits per heavy atom. The summed E-state index contributed by atoms with van der Waals surface area (Å²) in [6.07, 6.45) is 5.23. The van der Waals surface area contributed by atoms with E-state index < -0.39 is 0 Å². The minimum Gasteiger partial charge on any atom is -0.333 e. The van der Waals surface area contributed by atoms with Crippen molar-refractivity contribution in [3.8, 4) is 0 Å². The number of hydrogen-bond acceptors (Lipinski definition) is 6. The van der Waals surface area contributed by atoms with Crippen LogP contribution in [0.15, 0.2) is 6.33 Å². The van der Waals surface area contributed by atoms with Crippen molar-refractivity contribution in [3.05, 3.63) is 22.6 Å². The van der Waals surface area contributed by atoms with E-state index in [2.05, 4.69) is 27.3 Å². The van der Waals surface area contributed by atoms with Gasteiger partial charge in [-0.1, -0.05) is 6.92 Å². The molecule has 0 spiro atoms. The minimum absolute atomic E-state index is 0.0875. The van der Waals surface area contributed by atoms with E-state index >= 15 is 0 Å². The molecule has 0 aromatic carbocycles. The van der Waals surface area contributed by atoms with Gasteiger partial charge in [0.2, 0.25) is 5.82 Å². The first-order valence-corrected chi connectivity index (χ1v) is 9.70. The highest BCUT2D eigenvalue weighted by molar-refractivity contribution is 7.19.